The molecular weight excluding hydrogens is 530 g/mol. The van der Waals surface area contributed by atoms with Gasteiger partial charge in [0.25, 0.3) is 5.91 Å². The molecule has 2 amide bonds. The standard InChI is InChI=1S/C32H35N7O3/c1-24-6-3-9-28(20-24)37(2)32(41)26-8-4-7-25(21-26)10-13-31(40)34-30-12-11-27(22-33-30)29-23-39(36-35-29)15-5-14-38-16-18-42-19-17-38/h3-4,6-13,20-23H,5,14-19H2,1-2H3,(H,33,34,40)/b13-10+. The Balaban J connectivity index is 1.13. The van der Waals surface area contributed by atoms with Gasteiger partial charge in [-0.1, -0.05) is 29.5 Å². The molecule has 0 atom stereocenters. The van der Waals surface area contributed by atoms with E-state index in [0.29, 0.717) is 11.4 Å². The fraction of sp³-hybridized carbons (Fsp3) is 0.281. The van der Waals surface area contributed by atoms with Gasteiger partial charge in [0.15, 0.2) is 0 Å². The summed E-state index contributed by atoms with van der Waals surface area (Å²) < 4.78 is 7.24. The summed E-state index contributed by atoms with van der Waals surface area (Å²) in [5, 5.41) is 11.3. The van der Waals surface area contributed by atoms with Crippen molar-refractivity contribution in [3.63, 3.8) is 0 Å². The zero-order chi connectivity index (χ0) is 29.3. The van der Waals surface area contributed by atoms with Gasteiger partial charge in [0.1, 0.15) is 11.5 Å². The number of morpholine rings is 1. The van der Waals surface area contributed by atoms with Gasteiger partial charge in [-0.15, -0.1) is 5.10 Å². The van der Waals surface area contributed by atoms with Crippen molar-refractivity contribution < 1.29 is 14.3 Å². The number of anilines is 2. The highest BCUT2D eigenvalue weighted by atomic mass is 16.5. The molecule has 0 radical (unpaired) electrons. The summed E-state index contributed by atoms with van der Waals surface area (Å²) in [6.45, 7) is 7.36. The minimum Gasteiger partial charge on any atom is -0.379 e. The quantitative estimate of drug-likeness (QED) is 0.286. The highest BCUT2D eigenvalue weighted by Gasteiger charge is 2.14. The van der Waals surface area contributed by atoms with E-state index < -0.39 is 0 Å². The number of carbonyl (C=O) groups is 2. The monoisotopic (exact) mass is 565 g/mol. The Morgan fingerprint density at radius 3 is 2.67 bits per heavy atom. The predicted molar refractivity (Wildman–Crippen MR) is 163 cm³/mol. The Labute approximate surface area is 245 Å². The van der Waals surface area contributed by atoms with Crippen LogP contribution in [-0.4, -0.2) is 76.6 Å². The molecule has 1 N–H and O–H groups in total. The highest BCUT2D eigenvalue weighted by Crippen LogP contribution is 2.19. The number of carbonyl (C=O) groups excluding carboxylic acids is 2. The average Bonchev–Trinajstić information content (AvgIpc) is 3.49. The number of amides is 2. The van der Waals surface area contributed by atoms with E-state index in [1.165, 1.54) is 6.08 Å². The third-order valence-corrected chi connectivity index (χ3v) is 7.07. The van der Waals surface area contributed by atoms with E-state index in [-0.39, 0.29) is 11.8 Å². The van der Waals surface area contributed by atoms with Gasteiger partial charge >= 0.3 is 0 Å². The van der Waals surface area contributed by atoms with Gasteiger partial charge < -0.3 is 15.0 Å². The van der Waals surface area contributed by atoms with Crippen LogP contribution in [0.4, 0.5) is 11.5 Å². The van der Waals surface area contributed by atoms with Crippen LogP contribution in [-0.2, 0) is 16.1 Å². The molecule has 2 aromatic carbocycles. The Morgan fingerprint density at radius 1 is 1.05 bits per heavy atom. The van der Waals surface area contributed by atoms with E-state index in [1.54, 1.807) is 48.5 Å². The van der Waals surface area contributed by atoms with Gasteiger partial charge in [0.05, 0.1) is 19.4 Å². The normalized spacial score (nSPS) is 13.8. The number of aryl methyl sites for hydroxylation is 2. The summed E-state index contributed by atoms with van der Waals surface area (Å²) in [5.74, 6) is -0.0253. The first-order chi connectivity index (χ1) is 20.4. The van der Waals surface area contributed by atoms with Crippen molar-refractivity contribution in [1.82, 2.24) is 24.9 Å². The molecule has 1 aliphatic rings. The summed E-state index contributed by atoms with van der Waals surface area (Å²) in [5.41, 5.74) is 4.73. The van der Waals surface area contributed by atoms with Crippen molar-refractivity contribution in [3.8, 4) is 11.3 Å². The molecule has 5 rings (SSSR count). The number of rotatable bonds is 10. The Kier molecular flexibility index (Phi) is 9.48. The lowest BCUT2D eigenvalue weighted by molar-refractivity contribution is -0.111. The number of ether oxygens (including phenoxy) is 1. The molecule has 10 nitrogen and oxygen atoms in total. The molecule has 0 spiro atoms. The molecule has 216 valence electrons. The number of nitrogens with one attached hydrogen (secondary N) is 1. The third-order valence-electron chi connectivity index (χ3n) is 7.07. The van der Waals surface area contributed by atoms with Gasteiger partial charge in [-0.3, -0.25) is 19.2 Å². The van der Waals surface area contributed by atoms with Gasteiger partial charge in [-0.05, 0) is 66.9 Å². The highest BCUT2D eigenvalue weighted by molar-refractivity contribution is 6.06. The van der Waals surface area contributed by atoms with Crippen molar-refractivity contribution >= 4 is 29.4 Å². The summed E-state index contributed by atoms with van der Waals surface area (Å²) in [4.78, 5) is 34.0. The van der Waals surface area contributed by atoms with Crippen molar-refractivity contribution in [1.29, 1.82) is 0 Å². The van der Waals surface area contributed by atoms with Gasteiger partial charge in [-0.25, -0.2) is 4.98 Å². The lowest BCUT2D eigenvalue weighted by Gasteiger charge is -2.26. The molecule has 0 aliphatic carbocycles. The van der Waals surface area contributed by atoms with E-state index in [2.05, 4.69) is 25.5 Å². The van der Waals surface area contributed by atoms with Crippen LogP contribution in [0.15, 0.2) is 79.1 Å². The second kappa shape index (κ2) is 13.8. The SMILES string of the molecule is Cc1cccc(N(C)C(=O)c2cccc(/C=C/C(=O)Nc3ccc(-c4cn(CCCN5CCOCC5)nn4)cn3)c2)c1. The van der Waals surface area contributed by atoms with Crippen LogP contribution < -0.4 is 10.2 Å². The second-order valence-corrected chi connectivity index (χ2v) is 10.3. The number of benzene rings is 2. The van der Waals surface area contributed by atoms with Gasteiger partial charge in [0, 0.05) is 62.3 Å². The first-order valence-corrected chi connectivity index (χ1v) is 14.1. The molecule has 3 heterocycles. The summed E-state index contributed by atoms with van der Waals surface area (Å²) in [6, 6.07) is 18.5. The van der Waals surface area contributed by atoms with Crippen LogP contribution in [0.1, 0.15) is 27.9 Å². The van der Waals surface area contributed by atoms with Crippen LogP contribution in [0.5, 0.6) is 0 Å². The number of pyridine rings is 1. The first kappa shape index (κ1) is 28.8. The van der Waals surface area contributed by atoms with Crippen LogP contribution >= 0.6 is 0 Å². The Bertz CT molecular complexity index is 1540. The van der Waals surface area contributed by atoms with Gasteiger partial charge in [0.2, 0.25) is 5.91 Å². The van der Waals surface area contributed by atoms with E-state index in [4.69, 9.17) is 4.74 Å². The number of aromatic nitrogens is 4. The van der Waals surface area contributed by atoms with Crippen molar-refractivity contribution in [3.05, 3.63) is 95.8 Å². The minimum atomic E-state index is -0.324. The first-order valence-electron chi connectivity index (χ1n) is 14.1. The number of hydrogen-bond donors (Lipinski definition) is 1. The average molecular weight is 566 g/mol. The molecule has 1 saturated heterocycles. The lowest BCUT2D eigenvalue weighted by Crippen LogP contribution is -2.37. The fourth-order valence-corrected chi connectivity index (χ4v) is 4.70. The van der Waals surface area contributed by atoms with Crippen LogP contribution in [0.3, 0.4) is 0 Å². The summed E-state index contributed by atoms with van der Waals surface area (Å²) >= 11 is 0. The molecule has 0 bridgehead atoms. The third kappa shape index (κ3) is 7.74. The molecule has 2 aromatic heterocycles. The minimum absolute atomic E-state index is 0.127. The maximum atomic E-state index is 13.0. The molecule has 0 saturated carbocycles. The second-order valence-electron chi connectivity index (χ2n) is 10.3. The number of hydrogen-bond acceptors (Lipinski definition) is 7. The zero-order valence-electron chi connectivity index (χ0n) is 23.9. The van der Waals surface area contributed by atoms with Crippen LogP contribution in [0.25, 0.3) is 17.3 Å². The maximum Gasteiger partial charge on any atom is 0.258 e. The van der Waals surface area contributed by atoms with E-state index in [1.807, 2.05) is 54.2 Å². The maximum absolute atomic E-state index is 13.0. The molecular formula is C32H35N7O3. The predicted octanol–water partition coefficient (Wildman–Crippen LogP) is 4.30. The van der Waals surface area contributed by atoms with Crippen LogP contribution in [0, 0.1) is 6.92 Å². The van der Waals surface area contributed by atoms with Crippen LogP contribution in [0.2, 0.25) is 0 Å². The van der Waals surface area contributed by atoms with Crippen molar-refractivity contribution in [2.24, 2.45) is 0 Å². The van der Waals surface area contributed by atoms with Gasteiger partial charge in [-0.2, -0.15) is 0 Å². The molecule has 4 aromatic rings. The lowest BCUT2D eigenvalue weighted by atomic mass is 10.1. The fourth-order valence-electron chi connectivity index (χ4n) is 4.70. The largest absolute Gasteiger partial charge is 0.379 e. The molecule has 10 heteroatoms. The van der Waals surface area contributed by atoms with Crippen molar-refractivity contribution in [2.75, 3.05) is 50.1 Å². The van der Waals surface area contributed by atoms with E-state index >= 15 is 0 Å². The smallest absolute Gasteiger partial charge is 0.258 e. The Hall–Kier alpha value is -4.67. The molecule has 42 heavy (non-hydrogen) atoms. The van der Waals surface area contributed by atoms with E-state index in [0.717, 1.165) is 73.9 Å². The molecule has 1 fully saturated rings. The van der Waals surface area contributed by atoms with Crippen molar-refractivity contribution in [2.45, 2.75) is 19.9 Å². The Morgan fingerprint density at radius 2 is 1.88 bits per heavy atom. The summed E-state index contributed by atoms with van der Waals surface area (Å²) in [7, 11) is 1.75. The molecule has 1 aliphatic heterocycles. The topological polar surface area (TPSA) is 105 Å². The summed E-state index contributed by atoms with van der Waals surface area (Å²) in [6.07, 6.45) is 7.66. The van der Waals surface area contributed by atoms with E-state index in [9.17, 15) is 9.59 Å². The molecule has 0 unspecified atom stereocenters. The zero-order valence-corrected chi connectivity index (χ0v) is 23.9. The number of nitrogens with zero attached hydrogens (tertiary/aromatic N) is 6.